The van der Waals surface area contributed by atoms with Gasteiger partial charge in [0, 0.05) is 12.5 Å². The number of carboxylic acid groups (broad SMARTS) is 1. The molecule has 0 spiro atoms. The molecule has 0 amide bonds. The summed E-state index contributed by atoms with van der Waals surface area (Å²) in [6, 6.07) is 6.51. The number of aliphatic carboxylic acids is 1. The number of sulfone groups is 1. The lowest BCUT2D eigenvalue weighted by Crippen LogP contribution is -2.12. The zero-order valence-electron chi connectivity index (χ0n) is 12.9. The van der Waals surface area contributed by atoms with Crippen LogP contribution in [0.1, 0.15) is 5.56 Å². The minimum Gasteiger partial charge on any atom is -0.481 e. The first-order valence-electron chi connectivity index (χ1n) is 6.95. The molecule has 7 nitrogen and oxygen atoms in total. The second-order valence-electron chi connectivity index (χ2n) is 5.40. The lowest BCUT2D eigenvalue weighted by molar-refractivity contribution is -0.136. The molecule has 2 heterocycles. The van der Waals surface area contributed by atoms with E-state index in [0.717, 1.165) is 10.2 Å². The molecule has 0 atom stereocenters. The van der Waals surface area contributed by atoms with Crippen molar-refractivity contribution >= 4 is 47.4 Å². The van der Waals surface area contributed by atoms with Crippen molar-refractivity contribution in [3.63, 3.8) is 0 Å². The van der Waals surface area contributed by atoms with Crippen LogP contribution in [0.5, 0.6) is 0 Å². The molecule has 0 unspecified atom stereocenters. The van der Waals surface area contributed by atoms with Gasteiger partial charge >= 0.3 is 5.97 Å². The quantitative estimate of drug-likeness (QED) is 0.702. The standard InChI is InChI=1S/C15H13NO6S3/c1-24(19,20)11-2-4-12(5-3-11)25(21,22)16-9-10(8-14(17)18)15-13(16)6-7-23-15/h2-7,9H,8H2,1H3,(H,17,18). The van der Waals surface area contributed by atoms with Crippen LogP contribution in [-0.2, 0) is 31.1 Å². The highest BCUT2D eigenvalue weighted by molar-refractivity contribution is 7.91. The zero-order valence-corrected chi connectivity index (χ0v) is 15.4. The lowest BCUT2D eigenvalue weighted by Gasteiger charge is -2.07. The highest BCUT2D eigenvalue weighted by Gasteiger charge is 2.23. The van der Waals surface area contributed by atoms with Crippen LogP contribution in [-0.4, -0.2) is 38.1 Å². The van der Waals surface area contributed by atoms with Crippen LogP contribution in [0, 0.1) is 0 Å². The Bertz CT molecular complexity index is 1170. The Morgan fingerprint density at radius 3 is 2.24 bits per heavy atom. The number of fused-ring (bicyclic) bond motifs is 1. The molecule has 1 N–H and O–H groups in total. The second kappa shape index (κ2) is 5.97. The average molecular weight is 399 g/mol. The van der Waals surface area contributed by atoms with E-state index in [1.165, 1.54) is 41.8 Å². The van der Waals surface area contributed by atoms with Crippen LogP contribution in [0.2, 0.25) is 0 Å². The van der Waals surface area contributed by atoms with Gasteiger partial charge in [0.1, 0.15) is 0 Å². The third-order valence-corrected chi connectivity index (χ3v) is 7.39. The third kappa shape index (κ3) is 3.20. The van der Waals surface area contributed by atoms with E-state index in [2.05, 4.69) is 0 Å². The lowest BCUT2D eigenvalue weighted by atomic mass is 10.2. The number of hydrogen-bond acceptors (Lipinski definition) is 6. The molecule has 0 aliphatic heterocycles. The van der Waals surface area contributed by atoms with Gasteiger partial charge in [0.05, 0.1) is 26.4 Å². The van der Waals surface area contributed by atoms with Gasteiger partial charge in [-0.05, 0) is 41.3 Å². The van der Waals surface area contributed by atoms with Crippen molar-refractivity contribution in [1.82, 2.24) is 3.97 Å². The van der Waals surface area contributed by atoms with Crippen molar-refractivity contribution in [1.29, 1.82) is 0 Å². The summed E-state index contributed by atoms with van der Waals surface area (Å²) < 4.78 is 50.4. The minimum absolute atomic E-state index is 0.0196. The van der Waals surface area contributed by atoms with E-state index in [1.807, 2.05) is 0 Å². The van der Waals surface area contributed by atoms with Gasteiger partial charge in [0.2, 0.25) is 0 Å². The predicted molar refractivity (Wildman–Crippen MR) is 93.3 cm³/mol. The van der Waals surface area contributed by atoms with E-state index in [0.29, 0.717) is 15.8 Å². The predicted octanol–water partition coefficient (Wildman–Crippen LogP) is 1.97. The Balaban J connectivity index is 2.13. The molecule has 132 valence electrons. The first kappa shape index (κ1) is 17.6. The molecule has 3 rings (SSSR count). The molecule has 0 saturated carbocycles. The van der Waals surface area contributed by atoms with Gasteiger partial charge in [-0.1, -0.05) is 0 Å². The van der Waals surface area contributed by atoms with Crippen molar-refractivity contribution in [2.24, 2.45) is 0 Å². The summed E-state index contributed by atoms with van der Waals surface area (Å²) in [6.07, 6.45) is 2.05. The van der Waals surface area contributed by atoms with Crippen LogP contribution in [0.15, 0.2) is 51.7 Å². The summed E-state index contributed by atoms with van der Waals surface area (Å²) in [5.41, 5.74) is 0.808. The average Bonchev–Trinajstić information content (AvgIpc) is 3.10. The summed E-state index contributed by atoms with van der Waals surface area (Å²) in [4.78, 5) is 10.9. The van der Waals surface area contributed by atoms with E-state index >= 15 is 0 Å². The van der Waals surface area contributed by atoms with Crippen molar-refractivity contribution < 1.29 is 26.7 Å². The van der Waals surface area contributed by atoms with Crippen molar-refractivity contribution in [3.8, 4) is 0 Å². The molecule has 0 aliphatic rings. The molecule has 1 aromatic carbocycles. The maximum absolute atomic E-state index is 12.9. The van der Waals surface area contributed by atoms with Gasteiger partial charge in [0.25, 0.3) is 10.0 Å². The number of nitrogens with zero attached hydrogens (tertiary/aromatic N) is 1. The number of carbonyl (C=O) groups is 1. The van der Waals surface area contributed by atoms with Crippen LogP contribution in [0.25, 0.3) is 10.2 Å². The molecule has 3 aromatic rings. The van der Waals surface area contributed by atoms with Gasteiger partial charge in [-0.25, -0.2) is 20.8 Å². The van der Waals surface area contributed by atoms with Gasteiger partial charge in [0.15, 0.2) is 9.84 Å². The second-order valence-corrected chi connectivity index (χ2v) is 10.2. The maximum atomic E-state index is 12.9. The Kier molecular flexibility index (Phi) is 4.21. The summed E-state index contributed by atoms with van der Waals surface area (Å²) in [5, 5.41) is 10.7. The van der Waals surface area contributed by atoms with Gasteiger partial charge in [-0.2, -0.15) is 0 Å². The van der Waals surface area contributed by atoms with E-state index in [9.17, 15) is 21.6 Å². The molecule has 0 saturated heterocycles. The topological polar surface area (TPSA) is 111 Å². The highest BCUT2D eigenvalue weighted by atomic mass is 32.2. The summed E-state index contributed by atoms with van der Waals surface area (Å²) in [7, 11) is -7.41. The zero-order chi connectivity index (χ0) is 18.4. The van der Waals surface area contributed by atoms with Crippen LogP contribution in [0.4, 0.5) is 0 Å². The number of benzene rings is 1. The summed E-state index contributed by atoms with van der Waals surface area (Å²) in [6.45, 7) is 0. The first-order chi connectivity index (χ1) is 11.6. The Hall–Kier alpha value is -2.17. The molecule has 25 heavy (non-hydrogen) atoms. The first-order valence-corrected chi connectivity index (χ1v) is 11.2. The molecular weight excluding hydrogens is 386 g/mol. The fourth-order valence-electron chi connectivity index (χ4n) is 2.45. The van der Waals surface area contributed by atoms with Gasteiger partial charge < -0.3 is 5.11 Å². The molecular formula is C15H13NO6S3. The molecule has 10 heteroatoms. The molecule has 0 bridgehead atoms. The SMILES string of the molecule is CS(=O)(=O)c1ccc(S(=O)(=O)n2cc(CC(=O)O)c3sccc32)cc1. The van der Waals surface area contributed by atoms with E-state index in [1.54, 1.807) is 11.4 Å². The molecule has 2 aromatic heterocycles. The van der Waals surface area contributed by atoms with E-state index in [4.69, 9.17) is 5.11 Å². The van der Waals surface area contributed by atoms with Crippen molar-refractivity contribution in [2.75, 3.05) is 6.26 Å². The number of hydrogen-bond donors (Lipinski definition) is 1. The number of rotatable bonds is 5. The Labute approximate surface area is 148 Å². The fourth-order valence-corrected chi connectivity index (χ4v) is 5.42. The van der Waals surface area contributed by atoms with Crippen LogP contribution >= 0.6 is 11.3 Å². The summed E-state index contributed by atoms with van der Waals surface area (Å²) >= 11 is 1.27. The number of aromatic nitrogens is 1. The summed E-state index contributed by atoms with van der Waals surface area (Å²) in [5.74, 6) is -1.05. The Morgan fingerprint density at radius 1 is 1.08 bits per heavy atom. The van der Waals surface area contributed by atoms with Crippen LogP contribution < -0.4 is 0 Å². The Morgan fingerprint density at radius 2 is 1.68 bits per heavy atom. The van der Waals surface area contributed by atoms with Gasteiger partial charge in [-0.15, -0.1) is 11.3 Å². The molecule has 0 radical (unpaired) electrons. The van der Waals surface area contributed by atoms with E-state index < -0.39 is 25.8 Å². The molecule has 0 aliphatic carbocycles. The maximum Gasteiger partial charge on any atom is 0.307 e. The largest absolute Gasteiger partial charge is 0.481 e. The monoisotopic (exact) mass is 399 g/mol. The van der Waals surface area contributed by atoms with Crippen LogP contribution in [0.3, 0.4) is 0 Å². The number of carboxylic acids is 1. The van der Waals surface area contributed by atoms with E-state index in [-0.39, 0.29) is 16.2 Å². The molecule has 0 fully saturated rings. The fraction of sp³-hybridized carbons (Fsp3) is 0.133. The minimum atomic E-state index is -3.98. The third-order valence-electron chi connectivity index (χ3n) is 3.60. The normalized spacial score (nSPS) is 12.5. The smallest absolute Gasteiger partial charge is 0.307 e. The highest BCUT2D eigenvalue weighted by Crippen LogP contribution is 2.30. The van der Waals surface area contributed by atoms with Gasteiger partial charge in [-0.3, -0.25) is 4.79 Å². The number of thiophene rings is 1. The van der Waals surface area contributed by atoms with Crippen molar-refractivity contribution in [3.05, 3.63) is 47.5 Å². The van der Waals surface area contributed by atoms with Crippen molar-refractivity contribution in [2.45, 2.75) is 16.2 Å².